The van der Waals surface area contributed by atoms with Crippen molar-refractivity contribution in [2.75, 3.05) is 11.5 Å². The van der Waals surface area contributed by atoms with Gasteiger partial charge in [-0.1, -0.05) is 20.8 Å². The molecular formula is C14H21NO3S. The lowest BCUT2D eigenvalue weighted by atomic mass is 10.2. The lowest BCUT2D eigenvalue weighted by Crippen LogP contribution is -2.44. The van der Waals surface area contributed by atoms with Gasteiger partial charge in [0.15, 0.2) is 0 Å². The first-order valence-electron chi connectivity index (χ1n) is 6.47. The largest absolute Gasteiger partial charge is 0.464 e. The maximum Gasteiger partial charge on any atom is 0.329 e. The maximum atomic E-state index is 12.1. The Morgan fingerprint density at radius 3 is 2.53 bits per heavy atom. The molecule has 4 nitrogen and oxygen atoms in total. The second-order valence-corrected chi connectivity index (χ2v) is 5.71. The quantitative estimate of drug-likeness (QED) is 0.754. The Morgan fingerprint density at radius 1 is 1.42 bits per heavy atom. The van der Waals surface area contributed by atoms with Gasteiger partial charge in [0, 0.05) is 6.92 Å². The fourth-order valence-electron chi connectivity index (χ4n) is 1.73. The molecule has 1 aromatic heterocycles. The van der Waals surface area contributed by atoms with Gasteiger partial charge in [-0.25, -0.2) is 4.79 Å². The summed E-state index contributed by atoms with van der Waals surface area (Å²) < 4.78 is 5.26. The number of carbonyl (C=O) groups excluding carboxylic acids is 2. The normalized spacial score (nSPS) is 12.3. The Morgan fingerprint density at radius 2 is 2.11 bits per heavy atom. The van der Waals surface area contributed by atoms with Gasteiger partial charge in [0.05, 0.1) is 11.6 Å². The molecule has 1 aromatic rings. The molecule has 1 unspecified atom stereocenters. The SMILES string of the molecule is CCC(C(=O)OCC(C)C)N(C(C)=O)c1cccs1. The minimum atomic E-state index is -0.546. The predicted molar refractivity (Wildman–Crippen MR) is 77.4 cm³/mol. The Bertz CT molecular complexity index is 414. The molecule has 5 heteroatoms. The number of ether oxygens (including phenoxy) is 1. The average Bonchev–Trinajstić information content (AvgIpc) is 2.85. The minimum absolute atomic E-state index is 0.143. The van der Waals surface area contributed by atoms with Crippen LogP contribution < -0.4 is 4.90 Å². The van der Waals surface area contributed by atoms with Crippen molar-refractivity contribution in [3.8, 4) is 0 Å². The third-order valence-electron chi connectivity index (χ3n) is 2.61. The summed E-state index contributed by atoms with van der Waals surface area (Å²) >= 11 is 1.44. The van der Waals surface area contributed by atoms with Crippen LogP contribution in [0.3, 0.4) is 0 Å². The number of hydrogen-bond donors (Lipinski definition) is 0. The van der Waals surface area contributed by atoms with Crippen molar-refractivity contribution in [1.29, 1.82) is 0 Å². The summed E-state index contributed by atoms with van der Waals surface area (Å²) in [5.41, 5.74) is 0. The van der Waals surface area contributed by atoms with Crippen LogP contribution in [-0.2, 0) is 14.3 Å². The Hall–Kier alpha value is -1.36. The zero-order valence-corrected chi connectivity index (χ0v) is 12.7. The monoisotopic (exact) mass is 283 g/mol. The molecule has 0 bridgehead atoms. The lowest BCUT2D eigenvalue weighted by Gasteiger charge is -2.27. The molecule has 1 atom stereocenters. The summed E-state index contributed by atoms with van der Waals surface area (Å²) in [5, 5.41) is 2.66. The van der Waals surface area contributed by atoms with Gasteiger partial charge in [0.1, 0.15) is 6.04 Å². The maximum absolute atomic E-state index is 12.1. The van der Waals surface area contributed by atoms with Crippen LogP contribution in [0.2, 0.25) is 0 Å². The molecule has 0 aliphatic rings. The summed E-state index contributed by atoms with van der Waals surface area (Å²) in [4.78, 5) is 25.4. The average molecular weight is 283 g/mol. The van der Waals surface area contributed by atoms with E-state index in [1.807, 2.05) is 38.3 Å². The van der Waals surface area contributed by atoms with E-state index in [1.165, 1.54) is 23.2 Å². The smallest absolute Gasteiger partial charge is 0.329 e. The van der Waals surface area contributed by atoms with E-state index in [1.54, 1.807) is 0 Å². The molecule has 0 fully saturated rings. The predicted octanol–water partition coefficient (Wildman–Crippen LogP) is 3.08. The van der Waals surface area contributed by atoms with Crippen LogP contribution in [0.4, 0.5) is 5.00 Å². The molecule has 1 amide bonds. The van der Waals surface area contributed by atoms with Gasteiger partial charge in [0.2, 0.25) is 5.91 Å². The number of amides is 1. The van der Waals surface area contributed by atoms with Gasteiger partial charge in [-0.05, 0) is 29.9 Å². The van der Waals surface area contributed by atoms with E-state index in [0.29, 0.717) is 13.0 Å². The summed E-state index contributed by atoms with van der Waals surface area (Å²) in [7, 11) is 0. The third-order valence-corrected chi connectivity index (χ3v) is 3.48. The first-order chi connectivity index (χ1) is 8.97. The second kappa shape index (κ2) is 7.28. The standard InChI is InChI=1S/C14H21NO3S/c1-5-12(14(17)18-9-10(2)3)15(11(4)16)13-7-6-8-19-13/h6-8,10,12H,5,9H2,1-4H3. The van der Waals surface area contributed by atoms with Crippen LogP contribution in [-0.4, -0.2) is 24.5 Å². The first-order valence-corrected chi connectivity index (χ1v) is 7.35. The molecule has 0 aliphatic carbocycles. The topological polar surface area (TPSA) is 46.6 Å². The van der Waals surface area contributed by atoms with Crippen molar-refractivity contribution in [1.82, 2.24) is 0 Å². The summed E-state index contributed by atoms with van der Waals surface area (Å²) in [6, 6.07) is 3.15. The zero-order valence-electron chi connectivity index (χ0n) is 11.9. The van der Waals surface area contributed by atoms with Gasteiger partial charge < -0.3 is 4.74 Å². The number of rotatable bonds is 6. The molecular weight excluding hydrogens is 262 g/mol. The summed E-state index contributed by atoms with van der Waals surface area (Å²) in [6.45, 7) is 7.70. The Balaban J connectivity index is 2.85. The Labute approximate surface area is 118 Å². The molecule has 0 aromatic carbocycles. The molecule has 0 saturated carbocycles. The van der Waals surface area contributed by atoms with Gasteiger partial charge in [0.25, 0.3) is 0 Å². The van der Waals surface area contributed by atoms with Crippen LogP contribution in [0.1, 0.15) is 34.1 Å². The van der Waals surface area contributed by atoms with Gasteiger partial charge in [-0.3, -0.25) is 9.69 Å². The van der Waals surface area contributed by atoms with Crippen LogP contribution in [0.5, 0.6) is 0 Å². The van der Waals surface area contributed by atoms with Crippen LogP contribution in [0, 0.1) is 5.92 Å². The first kappa shape index (κ1) is 15.7. The fourth-order valence-corrected chi connectivity index (χ4v) is 2.56. The fraction of sp³-hybridized carbons (Fsp3) is 0.571. The van der Waals surface area contributed by atoms with Crippen molar-refractivity contribution >= 4 is 28.2 Å². The minimum Gasteiger partial charge on any atom is -0.464 e. The number of esters is 1. The Kier molecular flexibility index (Phi) is 6.02. The van der Waals surface area contributed by atoms with E-state index in [2.05, 4.69) is 0 Å². The number of nitrogens with zero attached hydrogens (tertiary/aromatic N) is 1. The molecule has 0 spiro atoms. The van der Waals surface area contributed by atoms with E-state index in [0.717, 1.165) is 5.00 Å². The highest BCUT2D eigenvalue weighted by molar-refractivity contribution is 7.14. The number of hydrogen-bond acceptors (Lipinski definition) is 4. The number of thiophene rings is 1. The zero-order chi connectivity index (χ0) is 14.4. The van der Waals surface area contributed by atoms with Crippen molar-refractivity contribution in [2.45, 2.75) is 40.2 Å². The van der Waals surface area contributed by atoms with Crippen LogP contribution in [0.15, 0.2) is 17.5 Å². The highest BCUT2D eigenvalue weighted by atomic mass is 32.1. The molecule has 0 N–H and O–H groups in total. The molecule has 0 saturated heterocycles. The van der Waals surface area contributed by atoms with Crippen LogP contribution in [0.25, 0.3) is 0 Å². The van der Waals surface area contributed by atoms with E-state index < -0.39 is 6.04 Å². The second-order valence-electron chi connectivity index (χ2n) is 4.79. The number of carbonyl (C=O) groups is 2. The number of anilines is 1. The lowest BCUT2D eigenvalue weighted by molar-refractivity contribution is -0.147. The highest BCUT2D eigenvalue weighted by Gasteiger charge is 2.29. The molecule has 106 valence electrons. The van der Waals surface area contributed by atoms with E-state index in [4.69, 9.17) is 4.74 Å². The summed E-state index contributed by atoms with van der Waals surface area (Å²) in [5.74, 6) is -0.190. The van der Waals surface area contributed by atoms with Crippen LogP contribution >= 0.6 is 11.3 Å². The molecule has 1 rings (SSSR count). The van der Waals surface area contributed by atoms with E-state index >= 15 is 0 Å². The van der Waals surface area contributed by atoms with Crippen molar-refractivity contribution in [3.63, 3.8) is 0 Å². The van der Waals surface area contributed by atoms with Gasteiger partial charge >= 0.3 is 5.97 Å². The third kappa shape index (κ3) is 4.35. The van der Waals surface area contributed by atoms with Gasteiger partial charge in [-0.2, -0.15) is 0 Å². The molecule has 0 radical (unpaired) electrons. The summed E-state index contributed by atoms with van der Waals surface area (Å²) in [6.07, 6.45) is 0.536. The molecule has 1 heterocycles. The van der Waals surface area contributed by atoms with E-state index in [-0.39, 0.29) is 17.8 Å². The highest BCUT2D eigenvalue weighted by Crippen LogP contribution is 2.25. The van der Waals surface area contributed by atoms with E-state index in [9.17, 15) is 9.59 Å². The van der Waals surface area contributed by atoms with Crippen molar-refractivity contribution in [3.05, 3.63) is 17.5 Å². The van der Waals surface area contributed by atoms with Gasteiger partial charge in [-0.15, -0.1) is 11.3 Å². The molecule has 19 heavy (non-hydrogen) atoms. The molecule has 0 aliphatic heterocycles. The van der Waals surface area contributed by atoms with Crippen molar-refractivity contribution in [2.24, 2.45) is 5.92 Å². The van der Waals surface area contributed by atoms with Crippen molar-refractivity contribution < 1.29 is 14.3 Å².